The third-order valence-corrected chi connectivity index (χ3v) is 16.9. The summed E-state index contributed by atoms with van der Waals surface area (Å²) in [5.74, 6) is 0.242. The van der Waals surface area contributed by atoms with Crippen LogP contribution in [0.1, 0.15) is 54.2 Å². The van der Waals surface area contributed by atoms with Gasteiger partial charge in [0.15, 0.2) is 16.6 Å². The van der Waals surface area contributed by atoms with Crippen molar-refractivity contribution in [2.75, 3.05) is 12.3 Å². The molecule has 0 saturated carbocycles. The molecule has 3 unspecified atom stereocenters. The van der Waals surface area contributed by atoms with Gasteiger partial charge < -0.3 is 19.3 Å². The highest BCUT2D eigenvalue weighted by atomic mass is 127. The minimum Gasteiger partial charge on any atom is -0.414 e. The molecule has 1 aromatic rings. The Labute approximate surface area is 202 Å². The van der Waals surface area contributed by atoms with Gasteiger partial charge in [-0.05, 0) is 58.9 Å². The first kappa shape index (κ1) is 27.0. The van der Waals surface area contributed by atoms with E-state index in [4.69, 9.17) is 19.3 Å². The van der Waals surface area contributed by atoms with Crippen LogP contribution in [0.5, 0.6) is 0 Å². The van der Waals surface area contributed by atoms with Crippen LogP contribution in [0.15, 0.2) is 11.0 Å². The fourth-order valence-electron chi connectivity index (χ4n) is 2.87. The number of ether oxygens (including phenoxy) is 1. The Hall–Kier alpha value is -0.276. The minimum atomic E-state index is -2.04. The lowest BCUT2D eigenvalue weighted by Gasteiger charge is -2.40. The molecule has 0 bridgehead atoms. The van der Waals surface area contributed by atoms with Crippen LogP contribution < -0.4 is 11.4 Å². The number of hydrogen-bond acceptors (Lipinski definition) is 6. The van der Waals surface area contributed by atoms with E-state index >= 15 is 0 Å². The molecule has 1 aliphatic rings. The summed E-state index contributed by atoms with van der Waals surface area (Å²) in [5, 5.41) is 0.180. The van der Waals surface area contributed by atoms with Gasteiger partial charge in [-0.3, -0.25) is 4.57 Å². The second-order valence-electron chi connectivity index (χ2n) is 11.5. The molecule has 1 fully saturated rings. The van der Waals surface area contributed by atoms with Crippen LogP contribution in [-0.2, 0) is 13.6 Å². The highest BCUT2D eigenvalue weighted by molar-refractivity contribution is 14.1. The highest BCUT2D eigenvalue weighted by Gasteiger charge is 2.46. The Morgan fingerprint density at radius 1 is 1.16 bits per heavy atom. The Bertz CT molecular complexity index is 846. The number of nitrogen functional groups attached to an aromatic ring is 1. The van der Waals surface area contributed by atoms with E-state index in [1.54, 1.807) is 6.20 Å². The molecule has 2 heterocycles. The maximum atomic E-state index is 12.5. The Kier molecular flexibility index (Phi) is 7.98. The maximum absolute atomic E-state index is 12.5. The molecule has 31 heavy (non-hydrogen) atoms. The smallest absolute Gasteiger partial charge is 0.351 e. The third-order valence-electron chi connectivity index (χ3n) is 7.09. The molecule has 7 nitrogen and oxygen atoms in total. The fourth-order valence-corrected chi connectivity index (χ4v) is 5.66. The van der Waals surface area contributed by atoms with Crippen LogP contribution in [0.25, 0.3) is 0 Å². The van der Waals surface area contributed by atoms with Crippen LogP contribution in [0.4, 0.5) is 5.82 Å². The Morgan fingerprint density at radius 2 is 1.71 bits per heavy atom. The van der Waals surface area contributed by atoms with E-state index in [0.717, 1.165) is 3.57 Å². The van der Waals surface area contributed by atoms with Crippen molar-refractivity contribution in [3.8, 4) is 0 Å². The zero-order valence-electron chi connectivity index (χ0n) is 20.7. The lowest BCUT2D eigenvalue weighted by Crippen LogP contribution is -2.48. The third kappa shape index (κ3) is 6.20. The lowest BCUT2D eigenvalue weighted by molar-refractivity contribution is -0.0412. The molecule has 3 atom stereocenters. The predicted octanol–water partition coefficient (Wildman–Crippen LogP) is 5.13. The minimum absolute atomic E-state index is 0.0743. The zero-order valence-corrected chi connectivity index (χ0v) is 24.9. The first-order valence-electron chi connectivity index (χ1n) is 10.9. The van der Waals surface area contributed by atoms with Crippen LogP contribution >= 0.6 is 22.6 Å². The first-order valence-corrected chi connectivity index (χ1v) is 17.8. The monoisotopic (exact) mass is 581 g/mol. The van der Waals surface area contributed by atoms with Crippen LogP contribution in [-0.4, -0.2) is 45.0 Å². The number of nitrogens with zero attached hydrogens (tertiary/aromatic N) is 2. The number of aromatic nitrogens is 2. The summed E-state index contributed by atoms with van der Waals surface area (Å²) < 4.78 is 21.9. The van der Waals surface area contributed by atoms with Gasteiger partial charge in [0.2, 0.25) is 0 Å². The number of hydrogen-bond donors (Lipinski definition) is 1. The maximum Gasteiger partial charge on any atom is 0.351 e. The van der Waals surface area contributed by atoms with E-state index in [9.17, 15) is 4.79 Å². The van der Waals surface area contributed by atoms with Gasteiger partial charge in [-0.25, -0.2) is 4.79 Å². The molecule has 0 radical (unpaired) electrons. The molecule has 1 aliphatic heterocycles. The summed E-state index contributed by atoms with van der Waals surface area (Å²) in [6.45, 7) is 22.8. The summed E-state index contributed by atoms with van der Waals surface area (Å²) in [6, 6.07) is 0. The van der Waals surface area contributed by atoms with Crippen molar-refractivity contribution in [3.05, 3.63) is 20.3 Å². The van der Waals surface area contributed by atoms with Crippen molar-refractivity contribution in [2.24, 2.45) is 0 Å². The molecule has 0 aromatic carbocycles. The number of anilines is 1. The van der Waals surface area contributed by atoms with E-state index in [2.05, 4.69) is 95.3 Å². The molecule has 2 rings (SSSR count). The van der Waals surface area contributed by atoms with E-state index < -0.39 is 28.6 Å². The first-order chi connectivity index (χ1) is 13.9. The molecule has 178 valence electrons. The molecule has 10 heteroatoms. The molecule has 0 aliphatic carbocycles. The fraction of sp³-hybridized carbons (Fsp3) is 0.810. The van der Waals surface area contributed by atoms with Crippen molar-refractivity contribution in [3.63, 3.8) is 0 Å². The van der Waals surface area contributed by atoms with Crippen LogP contribution in [0.3, 0.4) is 0 Å². The van der Waals surface area contributed by atoms with Gasteiger partial charge in [-0.15, -0.1) is 0 Å². The molecule has 0 amide bonds. The second kappa shape index (κ2) is 9.17. The van der Waals surface area contributed by atoms with Gasteiger partial charge in [-0.1, -0.05) is 41.5 Å². The quantitative estimate of drug-likeness (QED) is 0.370. The van der Waals surface area contributed by atoms with E-state index in [1.165, 1.54) is 4.57 Å². The van der Waals surface area contributed by atoms with Crippen LogP contribution in [0, 0.1) is 3.57 Å². The molecule has 0 spiro atoms. The lowest BCUT2D eigenvalue weighted by atomic mass is 10.2. The average Bonchev–Trinajstić information content (AvgIpc) is 2.96. The SMILES string of the molecule is CC(C)(C)[Si](C)(C)OCC1OC(n2cc(I)c(N)nc2=O)CC1O[Si](C)(C)C(C)(C)C. The predicted molar refractivity (Wildman–Crippen MR) is 139 cm³/mol. The normalized spacial score (nSPS) is 23.4. The molecular formula is C21H40IN3O4Si2. The van der Waals surface area contributed by atoms with E-state index in [0.29, 0.717) is 13.0 Å². The Balaban J connectivity index is 2.31. The van der Waals surface area contributed by atoms with Gasteiger partial charge in [0, 0.05) is 12.6 Å². The summed E-state index contributed by atoms with van der Waals surface area (Å²) >= 11 is 2.09. The summed E-state index contributed by atoms with van der Waals surface area (Å²) in [7, 11) is -3.98. The number of rotatable bonds is 6. The van der Waals surface area contributed by atoms with Gasteiger partial charge in [0.1, 0.15) is 18.1 Å². The number of halogens is 1. The van der Waals surface area contributed by atoms with Crippen molar-refractivity contribution in [1.29, 1.82) is 0 Å². The van der Waals surface area contributed by atoms with Crippen LogP contribution in [0.2, 0.25) is 36.3 Å². The van der Waals surface area contributed by atoms with E-state index in [1.807, 2.05) is 0 Å². The van der Waals surface area contributed by atoms with E-state index in [-0.39, 0.29) is 28.1 Å². The topological polar surface area (TPSA) is 88.6 Å². The second-order valence-corrected chi connectivity index (χ2v) is 22.2. The zero-order chi connectivity index (χ0) is 24.0. The summed E-state index contributed by atoms with van der Waals surface area (Å²) in [5.41, 5.74) is 5.40. The van der Waals surface area contributed by atoms with Crippen molar-refractivity contribution >= 4 is 45.0 Å². The average molecular weight is 582 g/mol. The molecule has 2 N–H and O–H groups in total. The van der Waals surface area contributed by atoms with Gasteiger partial charge in [0.25, 0.3) is 0 Å². The molecule has 1 saturated heterocycles. The molecular weight excluding hydrogens is 541 g/mol. The standard InChI is InChI=1S/C21H40IN3O4Si2/c1-20(2,3)30(7,8)27-13-16-15(29-31(9,10)21(4,5)6)11-17(28-16)25-12-14(22)18(23)24-19(25)26/h12,15-17H,11,13H2,1-10H3,(H2,23,24,26). The Morgan fingerprint density at radius 3 is 2.23 bits per heavy atom. The number of nitrogens with two attached hydrogens (primary N) is 1. The summed E-state index contributed by atoms with van der Waals surface area (Å²) in [6.07, 6.45) is 1.47. The van der Waals surface area contributed by atoms with Crippen molar-refractivity contribution in [2.45, 2.75) is 103 Å². The van der Waals surface area contributed by atoms with Gasteiger partial charge in [0.05, 0.1) is 16.3 Å². The highest BCUT2D eigenvalue weighted by Crippen LogP contribution is 2.42. The summed E-state index contributed by atoms with van der Waals surface area (Å²) in [4.78, 5) is 16.5. The van der Waals surface area contributed by atoms with Gasteiger partial charge in [-0.2, -0.15) is 4.98 Å². The van der Waals surface area contributed by atoms with Gasteiger partial charge >= 0.3 is 5.69 Å². The van der Waals surface area contributed by atoms with Crippen molar-refractivity contribution in [1.82, 2.24) is 9.55 Å². The van der Waals surface area contributed by atoms with Crippen molar-refractivity contribution < 1.29 is 13.6 Å². The largest absolute Gasteiger partial charge is 0.414 e. The molecule has 1 aromatic heterocycles.